The third-order valence-corrected chi connectivity index (χ3v) is 5.17. The number of rotatable bonds is 3. The number of aryl methyl sites for hydroxylation is 1. The van der Waals surface area contributed by atoms with E-state index in [9.17, 15) is 0 Å². The molecule has 0 unspecified atom stereocenters. The Hall–Kier alpha value is -3.53. The molecule has 5 rings (SSSR count). The third kappa shape index (κ3) is 2.34. The fourth-order valence-electron chi connectivity index (χ4n) is 3.90. The molecule has 0 aliphatic rings. The van der Waals surface area contributed by atoms with Crippen LogP contribution in [0.2, 0.25) is 0 Å². The van der Waals surface area contributed by atoms with Gasteiger partial charge in [-0.1, -0.05) is 36.4 Å². The molecule has 27 heavy (non-hydrogen) atoms. The van der Waals surface area contributed by atoms with Crippen molar-refractivity contribution in [3.63, 3.8) is 0 Å². The zero-order chi connectivity index (χ0) is 18.4. The number of H-pyrrole nitrogens is 1. The Bertz CT molecular complexity index is 1300. The van der Waals surface area contributed by atoms with Crippen LogP contribution in [0.25, 0.3) is 32.8 Å². The lowest BCUT2D eigenvalue weighted by molar-refractivity contribution is -0.616. The first-order chi connectivity index (χ1) is 13.3. The summed E-state index contributed by atoms with van der Waals surface area (Å²) in [6, 6.07) is 24.9. The molecule has 4 nitrogen and oxygen atoms in total. The van der Waals surface area contributed by atoms with Crippen molar-refractivity contribution in [3.8, 4) is 5.75 Å². The van der Waals surface area contributed by atoms with Gasteiger partial charge in [0.15, 0.2) is 0 Å². The molecule has 0 atom stereocenters. The van der Waals surface area contributed by atoms with E-state index in [2.05, 4.69) is 70.4 Å². The van der Waals surface area contributed by atoms with Gasteiger partial charge < -0.3 is 15.0 Å². The van der Waals surface area contributed by atoms with E-state index in [4.69, 9.17) is 4.74 Å². The normalized spacial score (nSPS) is 11.3. The van der Waals surface area contributed by atoms with E-state index in [1.54, 1.807) is 7.11 Å². The number of para-hydroxylation sites is 4. The van der Waals surface area contributed by atoms with Crippen molar-refractivity contribution in [1.29, 1.82) is 0 Å². The Labute approximate surface area is 157 Å². The molecule has 0 aliphatic carbocycles. The van der Waals surface area contributed by atoms with E-state index in [1.165, 1.54) is 16.4 Å². The highest BCUT2D eigenvalue weighted by Gasteiger charge is 2.22. The summed E-state index contributed by atoms with van der Waals surface area (Å²) < 4.78 is 7.81. The summed E-state index contributed by atoms with van der Waals surface area (Å²) in [5.74, 6) is 0.819. The number of anilines is 2. The molecule has 0 saturated heterocycles. The Morgan fingerprint density at radius 1 is 0.852 bits per heavy atom. The van der Waals surface area contributed by atoms with Gasteiger partial charge in [0.05, 0.1) is 34.8 Å². The highest BCUT2D eigenvalue weighted by Crippen LogP contribution is 2.37. The minimum Gasteiger partial charge on any atom is -0.495 e. The highest BCUT2D eigenvalue weighted by molar-refractivity contribution is 6.13. The van der Waals surface area contributed by atoms with Gasteiger partial charge in [0.1, 0.15) is 18.3 Å². The van der Waals surface area contributed by atoms with Crippen molar-refractivity contribution < 1.29 is 9.30 Å². The number of nitrogens with one attached hydrogen (secondary N) is 2. The zero-order valence-corrected chi connectivity index (χ0v) is 15.3. The minimum absolute atomic E-state index is 0.819. The number of hydrogen-bond acceptors (Lipinski definition) is 2. The summed E-state index contributed by atoms with van der Waals surface area (Å²) in [6.07, 6.45) is 0. The molecule has 0 amide bonds. The topological polar surface area (TPSA) is 40.9 Å². The van der Waals surface area contributed by atoms with Crippen molar-refractivity contribution >= 4 is 44.2 Å². The number of pyridine rings is 1. The Kier molecular flexibility index (Phi) is 3.50. The van der Waals surface area contributed by atoms with Gasteiger partial charge in [-0.2, -0.15) is 4.57 Å². The maximum Gasteiger partial charge on any atom is 0.240 e. The fourth-order valence-corrected chi connectivity index (χ4v) is 3.90. The first-order valence-corrected chi connectivity index (χ1v) is 8.99. The van der Waals surface area contributed by atoms with E-state index in [1.807, 2.05) is 24.3 Å². The smallest absolute Gasteiger partial charge is 0.240 e. The van der Waals surface area contributed by atoms with Gasteiger partial charge in [-0.3, -0.25) is 0 Å². The maximum atomic E-state index is 5.55. The zero-order valence-electron chi connectivity index (χ0n) is 15.3. The predicted molar refractivity (Wildman–Crippen MR) is 111 cm³/mol. The predicted octanol–water partition coefficient (Wildman–Crippen LogP) is 5.05. The number of hydrogen-bond donors (Lipinski definition) is 2. The fraction of sp³-hybridized carbons (Fsp3) is 0.0870. The van der Waals surface area contributed by atoms with Gasteiger partial charge in [0, 0.05) is 6.07 Å². The lowest BCUT2D eigenvalue weighted by Gasteiger charge is -2.13. The number of nitrogens with zero attached hydrogens (tertiary/aromatic N) is 1. The maximum absolute atomic E-state index is 5.55. The van der Waals surface area contributed by atoms with Crippen LogP contribution in [0, 0.1) is 0 Å². The minimum atomic E-state index is 0.819. The molecule has 0 aliphatic heterocycles. The molecular formula is C23H20N3O+. The Morgan fingerprint density at radius 2 is 1.56 bits per heavy atom. The van der Waals surface area contributed by atoms with Crippen molar-refractivity contribution in [2.24, 2.45) is 7.05 Å². The average Bonchev–Trinajstić information content (AvgIpc) is 3.11. The molecular weight excluding hydrogens is 334 g/mol. The van der Waals surface area contributed by atoms with E-state index in [-0.39, 0.29) is 0 Å². The molecule has 0 bridgehead atoms. The van der Waals surface area contributed by atoms with Gasteiger partial charge in [-0.15, -0.1) is 0 Å². The number of methoxy groups -OCH3 is 1. The van der Waals surface area contributed by atoms with Crippen LogP contribution in [0.5, 0.6) is 5.75 Å². The van der Waals surface area contributed by atoms with Crippen LogP contribution >= 0.6 is 0 Å². The molecule has 132 valence electrons. The third-order valence-electron chi connectivity index (χ3n) is 5.17. The SMILES string of the molecule is COc1ccccc1Nc1c2ccccc2[n+](C)c2c1[nH]c1ccccc12. The number of aromatic nitrogens is 2. The van der Waals surface area contributed by atoms with Gasteiger partial charge in [-0.25, -0.2) is 0 Å². The molecule has 0 radical (unpaired) electrons. The Balaban J connectivity index is 1.90. The van der Waals surface area contributed by atoms with Crippen molar-refractivity contribution in [1.82, 2.24) is 4.98 Å². The first-order valence-electron chi connectivity index (χ1n) is 8.99. The van der Waals surface area contributed by atoms with Gasteiger partial charge in [0.2, 0.25) is 11.0 Å². The quantitative estimate of drug-likeness (QED) is 0.445. The molecule has 2 heterocycles. The van der Waals surface area contributed by atoms with E-state index < -0.39 is 0 Å². The van der Waals surface area contributed by atoms with Crippen molar-refractivity contribution in [3.05, 3.63) is 72.8 Å². The molecule has 2 N–H and O–H groups in total. The second kappa shape index (κ2) is 6.02. The van der Waals surface area contributed by atoms with Crippen LogP contribution in [0.3, 0.4) is 0 Å². The summed E-state index contributed by atoms with van der Waals surface area (Å²) in [7, 11) is 3.82. The second-order valence-corrected chi connectivity index (χ2v) is 6.67. The van der Waals surface area contributed by atoms with Crippen LogP contribution in [0.1, 0.15) is 0 Å². The van der Waals surface area contributed by atoms with Crippen LogP contribution in [0.15, 0.2) is 72.8 Å². The van der Waals surface area contributed by atoms with Crippen molar-refractivity contribution in [2.45, 2.75) is 0 Å². The monoisotopic (exact) mass is 354 g/mol. The highest BCUT2D eigenvalue weighted by atomic mass is 16.5. The van der Waals surface area contributed by atoms with Crippen LogP contribution in [0.4, 0.5) is 11.4 Å². The van der Waals surface area contributed by atoms with Crippen LogP contribution < -0.4 is 14.6 Å². The van der Waals surface area contributed by atoms with Gasteiger partial charge in [-0.05, 0) is 30.3 Å². The van der Waals surface area contributed by atoms with Gasteiger partial charge in [0.25, 0.3) is 0 Å². The van der Waals surface area contributed by atoms with E-state index in [0.29, 0.717) is 0 Å². The molecule has 0 saturated carbocycles. The summed E-state index contributed by atoms with van der Waals surface area (Å²) >= 11 is 0. The summed E-state index contributed by atoms with van der Waals surface area (Å²) in [4.78, 5) is 3.61. The standard InChI is InChI=1S/C23H19N3O/c1-26-19-13-7-4-10-16(19)21(25-18-12-6-8-14-20(18)27-2)22-23(26)15-9-3-5-11-17(15)24-22/h3-14H,1-2H3,(H,24,25)/p+1. The number of aromatic amines is 1. The second-order valence-electron chi connectivity index (χ2n) is 6.67. The summed E-state index contributed by atoms with van der Waals surface area (Å²) in [5.41, 5.74) is 6.57. The Morgan fingerprint density at radius 3 is 2.41 bits per heavy atom. The molecule has 3 aromatic carbocycles. The van der Waals surface area contributed by atoms with Crippen LogP contribution in [-0.4, -0.2) is 12.1 Å². The lowest BCUT2D eigenvalue weighted by atomic mass is 10.1. The van der Waals surface area contributed by atoms with E-state index in [0.717, 1.165) is 33.5 Å². The lowest BCUT2D eigenvalue weighted by Crippen LogP contribution is -2.30. The molecule has 2 aromatic heterocycles. The largest absolute Gasteiger partial charge is 0.495 e. The number of ether oxygens (including phenoxy) is 1. The number of benzene rings is 3. The number of fused-ring (bicyclic) bond motifs is 4. The van der Waals surface area contributed by atoms with Gasteiger partial charge >= 0.3 is 0 Å². The molecule has 5 aromatic rings. The van der Waals surface area contributed by atoms with Crippen molar-refractivity contribution in [2.75, 3.05) is 12.4 Å². The first kappa shape index (κ1) is 15.7. The van der Waals surface area contributed by atoms with E-state index >= 15 is 0 Å². The molecule has 4 heteroatoms. The summed E-state index contributed by atoms with van der Waals surface area (Å²) in [5, 5.41) is 6.00. The molecule has 0 fully saturated rings. The summed E-state index contributed by atoms with van der Waals surface area (Å²) in [6.45, 7) is 0. The van der Waals surface area contributed by atoms with Crippen LogP contribution in [-0.2, 0) is 7.05 Å². The average molecular weight is 354 g/mol. The molecule has 0 spiro atoms.